The van der Waals surface area contributed by atoms with E-state index in [0.29, 0.717) is 16.9 Å². The molecule has 32 heavy (non-hydrogen) atoms. The number of anilines is 2. The Morgan fingerprint density at radius 2 is 1.25 bits per heavy atom. The van der Waals surface area contributed by atoms with E-state index in [1.165, 1.54) is 36.4 Å². The number of nitrogens with one attached hydrogen (secondary N) is 2. The standard InChI is InChI=1S/C23H20N2O7/c1-2-31-23(30)32-20-9-3-14(4-10-20)21(28)24-16-5-7-17(8-6-16)25-22(29)15-11-18(26)13-19(27)12-15/h3-13,26-27H,2H2,1H3,(H,24,28)(H,25,29). The summed E-state index contributed by atoms with van der Waals surface area (Å²) in [5.41, 5.74) is 1.39. The first kappa shape index (κ1) is 22.2. The average Bonchev–Trinajstić information content (AvgIpc) is 2.75. The second kappa shape index (κ2) is 9.98. The number of aromatic hydroxyl groups is 2. The van der Waals surface area contributed by atoms with Gasteiger partial charge in [0.05, 0.1) is 6.61 Å². The molecule has 3 aromatic rings. The molecule has 3 rings (SSSR count). The molecule has 9 nitrogen and oxygen atoms in total. The molecule has 0 heterocycles. The van der Waals surface area contributed by atoms with Gasteiger partial charge < -0.3 is 30.3 Å². The molecule has 0 saturated heterocycles. The first-order valence-electron chi connectivity index (χ1n) is 9.54. The van der Waals surface area contributed by atoms with Crippen molar-refractivity contribution in [2.75, 3.05) is 17.2 Å². The van der Waals surface area contributed by atoms with Crippen LogP contribution in [0.25, 0.3) is 0 Å². The fourth-order valence-corrected chi connectivity index (χ4v) is 2.69. The van der Waals surface area contributed by atoms with Gasteiger partial charge in [-0.1, -0.05) is 0 Å². The Morgan fingerprint density at radius 1 is 0.750 bits per heavy atom. The molecule has 0 unspecified atom stereocenters. The summed E-state index contributed by atoms with van der Waals surface area (Å²) < 4.78 is 9.63. The zero-order valence-corrected chi connectivity index (χ0v) is 17.0. The van der Waals surface area contributed by atoms with Crippen LogP contribution in [0.15, 0.2) is 66.7 Å². The van der Waals surface area contributed by atoms with Crippen LogP contribution >= 0.6 is 0 Å². The van der Waals surface area contributed by atoms with Crippen molar-refractivity contribution in [1.29, 1.82) is 0 Å². The molecule has 0 spiro atoms. The van der Waals surface area contributed by atoms with Crippen LogP contribution in [0.5, 0.6) is 17.2 Å². The minimum atomic E-state index is -0.822. The zero-order valence-electron chi connectivity index (χ0n) is 17.0. The number of rotatable bonds is 6. The summed E-state index contributed by atoms with van der Waals surface area (Å²) in [5, 5.41) is 24.3. The summed E-state index contributed by atoms with van der Waals surface area (Å²) in [7, 11) is 0. The van der Waals surface area contributed by atoms with Gasteiger partial charge in [0.15, 0.2) is 0 Å². The van der Waals surface area contributed by atoms with E-state index in [1.54, 1.807) is 31.2 Å². The van der Waals surface area contributed by atoms with Crippen molar-refractivity contribution in [1.82, 2.24) is 0 Å². The maximum Gasteiger partial charge on any atom is 0.513 e. The summed E-state index contributed by atoms with van der Waals surface area (Å²) in [6.45, 7) is 1.86. The molecule has 0 aliphatic heterocycles. The fraction of sp³-hybridized carbons (Fsp3) is 0.0870. The number of phenolic OH excluding ortho intramolecular Hbond substituents is 2. The van der Waals surface area contributed by atoms with Crippen LogP contribution in [0.2, 0.25) is 0 Å². The lowest BCUT2D eigenvalue weighted by Gasteiger charge is -2.09. The van der Waals surface area contributed by atoms with Gasteiger partial charge >= 0.3 is 6.16 Å². The van der Waals surface area contributed by atoms with E-state index in [0.717, 1.165) is 6.07 Å². The first-order valence-corrected chi connectivity index (χ1v) is 9.54. The molecule has 0 aromatic heterocycles. The van der Waals surface area contributed by atoms with Gasteiger partial charge in [-0.2, -0.15) is 0 Å². The fourth-order valence-electron chi connectivity index (χ4n) is 2.69. The third-order valence-corrected chi connectivity index (χ3v) is 4.15. The molecule has 0 bridgehead atoms. The zero-order chi connectivity index (χ0) is 23.1. The van der Waals surface area contributed by atoms with Gasteiger partial charge in [-0.25, -0.2) is 4.79 Å². The van der Waals surface area contributed by atoms with Crippen molar-refractivity contribution in [2.24, 2.45) is 0 Å². The number of hydrogen-bond acceptors (Lipinski definition) is 7. The van der Waals surface area contributed by atoms with Crippen LogP contribution in [0.4, 0.5) is 16.2 Å². The molecule has 0 aliphatic rings. The summed E-state index contributed by atoms with van der Waals surface area (Å²) in [6, 6.07) is 15.9. The molecule has 3 aromatic carbocycles. The Kier molecular flexibility index (Phi) is 6.92. The summed E-state index contributed by atoms with van der Waals surface area (Å²) >= 11 is 0. The summed E-state index contributed by atoms with van der Waals surface area (Å²) in [4.78, 5) is 36.0. The van der Waals surface area contributed by atoms with Gasteiger partial charge in [-0.05, 0) is 67.6 Å². The molecule has 0 radical (unpaired) electrons. The van der Waals surface area contributed by atoms with E-state index < -0.39 is 12.1 Å². The summed E-state index contributed by atoms with van der Waals surface area (Å²) in [5.74, 6) is -1.10. The van der Waals surface area contributed by atoms with Crippen LogP contribution in [-0.4, -0.2) is 34.8 Å². The van der Waals surface area contributed by atoms with Crippen LogP contribution in [0.3, 0.4) is 0 Å². The molecule has 164 valence electrons. The minimum absolute atomic E-state index is 0.0928. The lowest BCUT2D eigenvalue weighted by atomic mass is 10.1. The highest BCUT2D eigenvalue weighted by molar-refractivity contribution is 6.06. The third kappa shape index (κ3) is 5.99. The third-order valence-electron chi connectivity index (χ3n) is 4.15. The molecule has 4 N–H and O–H groups in total. The van der Waals surface area contributed by atoms with E-state index in [2.05, 4.69) is 15.4 Å². The SMILES string of the molecule is CCOC(=O)Oc1ccc(C(=O)Nc2ccc(NC(=O)c3cc(O)cc(O)c3)cc2)cc1. The van der Waals surface area contributed by atoms with Crippen molar-refractivity contribution in [3.8, 4) is 17.2 Å². The van der Waals surface area contributed by atoms with Gasteiger partial charge in [0, 0.05) is 28.6 Å². The molecule has 0 aliphatic carbocycles. The van der Waals surface area contributed by atoms with E-state index in [1.807, 2.05) is 0 Å². The molecule has 9 heteroatoms. The second-order valence-corrected chi connectivity index (χ2v) is 6.53. The van der Waals surface area contributed by atoms with Crippen molar-refractivity contribution in [3.63, 3.8) is 0 Å². The second-order valence-electron chi connectivity index (χ2n) is 6.53. The Hall–Kier alpha value is -4.53. The van der Waals surface area contributed by atoms with Gasteiger partial charge in [0.1, 0.15) is 17.2 Å². The van der Waals surface area contributed by atoms with Gasteiger partial charge in [-0.15, -0.1) is 0 Å². The number of benzene rings is 3. The highest BCUT2D eigenvalue weighted by Crippen LogP contribution is 2.22. The van der Waals surface area contributed by atoms with Crippen LogP contribution < -0.4 is 15.4 Å². The Bertz CT molecular complexity index is 1110. The number of hydrogen-bond donors (Lipinski definition) is 4. The molecular weight excluding hydrogens is 416 g/mol. The van der Waals surface area contributed by atoms with Gasteiger partial charge in [-0.3, -0.25) is 9.59 Å². The highest BCUT2D eigenvalue weighted by atomic mass is 16.7. The number of carbonyl (C=O) groups excluding carboxylic acids is 3. The predicted octanol–water partition coefficient (Wildman–Crippen LogP) is 4.14. The number of phenols is 2. The van der Waals surface area contributed by atoms with E-state index >= 15 is 0 Å². The van der Waals surface area contributed by atoms with Crippen LogP contribution in [0.1, 0.15) is 27.6 Å². The van der Waals surface area contributed by atoms with Crippen LogP contribution in [-0.2, 0) is 4.74 Å². The molecule has 0 fully saturated rings. The van der Waals surface area contributed by atoms with Gasteiger partial charge in [0.2, 0.25) is 0 Å². The normalized spacial score (nSPS) is 10.2. The van der Waals surface area contributed by atoms with E-state index in [9.17, 15) is 24.6 Å². The Labute approximate surface area is 183 Å². The molecular formula is C23H20N2O7. The molecule has 0 saturated carbocycles. The molecule has 2 amide bonds. The lowest BCUT2D eigenvalue weighted by Crippen LogP contribution is -2.13. The highest BCUT2D eigenvalue weighted by Gasteiger charge is 2.11. The maximum absolute atomic E-state index is 12.4. The number of carbonyl (C=O) groups is 3. The number of ether oxygens (including phenoxy) is 2. The lowest BCUT2D eigenvalue weighted by molar-refractivity contribution is 0.101. The van der Waals surface area contributed by atoms with Crippen molar-refractivity contribution < 1.29 is 34.1 Å². The minimum Gasteiger partial charge on any atom is -0.508 e. The van der Waals surface area contributed by atoms with Crippen LogP contribution in [0, 0.1) is 0 Å². The smallest absolute Gasteiger partial charge is 0.508 e. The average molecular weight is 436 g/mol. The first-order chi connectivity index (χ1) is 15.3. The number of amides is 2. The Balaban J connectivity index is 1.58. The predicted molar refractivity (Wildman–Crippen MR) is 116 cm³/mol. The van der Waals surface area contributed by atoms with Gasteiger partial charge in [0.25, 0.3) is 11.8 Å². The Morgan fingerprint density at radius 3 is 1.75 bits per heavy atom. The van der Waals surface area contributed by atoms with E-state index in [4.69, 9.17) is 4.74 Å². The monoisotopic (exact) mass is 436 g/mol. The maximum atomic E-state index is 12.4. The van der Waals surface area contributed by atoms with Crippen molar-refractivity contribution in [3.05, 3.63) is 77.9 Å². The van der Waals surface area contributed by atoms with Crippen molar-refractivity contribution in [2.45, 2.75) is 6.92 Å². The van der Waals surface area contributed by atoms with E-state index in [-0.39, 0.29) is 35.3 Å². The van der Waals surface area contributed by atoms with Crippen molar-refractivity contribution >= 4 is 29.3 Å². The quantitative estimate of drug-likeness (QED) is 0.337. The molecule has 0 atom stereocenters. The topological polar surface area (TPSA) is 134 Å². The summed E-state index contributed by atoms with van der Waals surface area (Å²) in [6.07, 6.45) is -0.822. The largest absolute Gasteiger partial charge is 0.513 e.